The molecule has 0 fully saturated rings. The van der Waals surface area contributed by atoms with Crippen molar-refractivity contribution >= 4 is 17.3 Å². The second kappa shape index (κ2) is 6.37. The van der Waals surface area contributed by atoms with Gasteiger partial charge in [0.1, 0.15) is 0 Å². The highest BCUT2D eigenvalue weighted by molar-refractivity contribution is 7.09. The fraction of sp³-hybridized carbons (Fsp3) is 0.364. The topological polar surface area (TPSA) is 40.5 Å². The monoisotopic (exact) mass is 225 g/mol. The van der Waals surface area contributed by atoms with Gasteiger partial charge < -0.3 is 5.11 Å². The highest BCUT2D eigenvalue weighted by Gasteiger charge is 2.02. The number of carboxylic acids is 1. The third-order valence-corrected chi connectivity index (χ3v) is 2.89. The van der Waals surface area contributed by atoms with Gasteiger partial charge in [-0.1, -0.05) is 19.1 Å². The number of nitrogens with zero attached hydrogens (tertiary/aromatic N) is 1. The van der Waals surface area contributed by atoms with Gasteiger partial charge in [-0.25, -0.2) is 4.79 Å². The van der Waals surface area contributed by atoms with E-state index in [-0.39, 0.29) is 0 Å². The molecule has 4 heteroatoms. The van der Waals surface area contributed by atoms with Gasteiger partial charge in [0.05, 0.1) is 0 Å². The van der Waals surface area contributed by atoms with Crippen molar-refractivity contribution in [2.24, 2.45) is 0 Å². The molecule has 0 aliphatic rings. The van der Waals surface area contributed by atoms with Crippen molar-refractivity contribution in [3.05, 3.63) is 34.5 Å². The van der Waals surface area contributed by atoms with Gasteiger partial charge in [-0.3, -0.25) is 4.90 Å². The Morgan fingerprint density at radius 3 is 3.00 bits per heavy atom. The Labute approximate surface area is 93.7 Å². The summed E-state index contributed by atoms with van der Waals surface area (Å²) in [4.78, 5) is 13.8. The van der Waals surface area contributed by atoms with E-state index >= 15 is 0 Å². The maximum Gasteiger partial charge on any atom is 0.328 e. The number of carboxylic acid groups (broad SMARTS) is 1. The first-order valence-corrected chi connectivity index (χ1v) is 5.74. The second-order valence-electron chi connectivity index (χ2n) is 3.15. The van der Waals surface area contributed by atoms with E-state index in [2.05, 4.69) is 23.3 Å². The fourth-order valence-electron chi connectivity index (χ4n) is 1.23. The van der Waals surface area contributed by atoms with Crippen LogP contribution in [0.4, 0.5) is 0 Å². The molecule has 0 radical (unpaired) electrons. The lowest BCUT2D eigenvalue weighted by molar-refractivity contribution is -0.131. The SMILES string of the molecule is CCN(CC=CC(=O)O)Cc1cccs1. The lowest BCUT2D eigenvalue weighted by atomic mass is 10.4. The minimum atomic E-state index is -0.887. The van der Waals surface area contributed by atoms with Crippen LogP contribution < -0.4 is 0 Å². The number of carbonyl (C=O) groups is 1. The van der Waals surface area contributed by atoms with E-state index in [1.807, 2.05) is 6.07 Å². The smallest absolute Gasteiger partial charge is 0.328 e. The molecule has 1 N–H and O–H groups in total. The number of hydrogen-bond acceptors (Lipinski definition) is 3. The summed E-state index contributed by atoms with van der Waals surface area (Å²) >= 11 is 1.72. The molecule has 0 unspecified atom stereocenters. The van der Waals surface area contributed by atoms with Crippen LogP contribution in [0.2, 0.25) is 0 Å². The summed E-state index contributed by atoms with van der Waals surface area (Å²) in [5.74, 6) is -0.887. The Bertz CT molecular complexity index is 319. The molecule has 1 rings (SSSR count). The Kier molecular flexibility index (Phi) is 5.07. The molecular weight excluding hydrogens is 210 g/mol. The summed E-state index contributed by atoms with van der Waals surface area (Å²) in [5, 5.41) is 10.5. The maximum atomic E-state index is 10.3. The molecule has 0 spiro atoms. The summed E-state index contributed by atoms with van der Waals surface area (Å²) in [6, 6.07) is 4.12. The van der Waals surface area contributed by atoms with E-state index in [0.717, 1.165) is 13.1 Å². The summed E-state index contributed by atoms with van der Waals surface area (Å²) in [7, 11) is 0. The van der Waals surface area contributed by atoms with Crippen LogP contribution >= 0.6 is 11.3 Å². The Morgan fingerprint density at radius 1 is 1.67 bits per heavy atom. The van der Waals surface area contributed by atoms with Crippen molar-refractivity contribution in [3.8, 4) is 0 Å². The Balaban J connectivity index is 2.39. The lowest BCUT2D eigenvalue weighted by Gasteiger charge is -2.16. The van der Waals surface area contributed by atoms with Gasteiger partial charge in [-0.15, -0.1) is 11.3 Å². The first-order chi connectivity index (χ1) is 7.22. The van der Waals surface area contributed by atoms with E-state index in [4.69, 9.17) is 5.11 Å². The quantitative estimate of drug-likeness (QED) is 0.755. The summed E-state index contributed by atoms with van der Waals surface area (Å²) in [5.41, 5.74) is 0. The summed E-state index contributed by atoms with van der Waals surface area (Å²) in [6.07, 6.45) is 2.87. The second-order valence-corrected chi connectivity index (χ2v) is 4.18. The maximum absolute atomic E-state index is 10.3. The molecule has 1 heterocycles. The molecule has 82 valence electrons. The van der Waals surface area contributed by atoms with Gasteiger partial charge in [-0.2, -0.15) is 0 Å². The molecule has 0 aromatic carbocycles. The van der Waals surface area contributed by atoms with E-state index in [1.54, 1.807) is 17.4 Å². The van der Waals surface area contributed by atoms with Crippen LogP contribution in [-0.2, 0) is 11.3 Å². The Hall–Kier alpha value is -1.13. The number of hydrogen-bond donors (Lipinski definition) is 1. The molecule has 0 saturated carbocycles. The lowest BCUT2D eigenvalue weighted by Crippen LogP contribution is -2.22. The Morgan fingerprint density at radius 2 is 2.47 bits per heavy atom. The van der Waals surface area contributed by atoms with Gasteiger partial charge in [0, 0.05) is 24.0 Å². The van der Waals surface area contributed by atoms with E-state index in [1.165, 1.54) is 11.0 Å². The molecule has 0 saturated heterocycles. The highest BCUT2D eigenvalue weighted by Crippen LogP contribution is 2.11. The zero-order valence-electron chi connectivity index (χ0n) is 8.72. The van der Waals surface area contributed by atoms with Crippen LogP contribution in [0.15, 0.2) is 29.7 Å². The van der Waals surface area contributed by atoms with Crippen molar-refractivity contribution in [3.63, 3.8) is 0 Å². The zero-order valence-corrected chi connectivity index (χ0v) is 9.54. The first-order valence-electron chi connectivity index (χ1n) is 4.86. The van der Waals surface area contributed by atoms with Crippen LogP contribution in [0.3, 0.4) is 0 Å². The minimum absolute atomic E-state index is 0.681. The normalized spacial score (nSPS) is 11.3. The summed E-state index contributed by atoms with van der Waals surface area (Å²) in [6.45, 7) is 4.56. The number of likely N-dealkylation sites (N-methyl/N-ethyl adjacent to an activating group) is 1. The molecule has 0 aliphatic carbocycles. The average molecular weight is 225 g/mol. The van der Waals surface area contributed by atoms with E-state index in [9.17, 15) is 4.79 Å². The third kappa shape index (κ3) is 4.76. The largest absolute Gasteiger partial charge is 0.478 e. The van der Waals surface area contributed by atoms with Crippen molar-refractivity contribution in [2.75, 3.05) is 13.1 Å². The van der Waals surface area contributed by atoms with Crippen LogP contribution in [0.25, 0.3) is 0 Å². The standard InChI is InChI=1S/C11H15NO2S/c1-2-12(7-3-6-11(13)14)9-10-5-4-8-15-10/h3-6,8H,2,7,9H2,1H3,(H,13,14). The molecule has 15 heavy (non-hydrogen) atoms. The van der Waals surface area contributed by atoms with Gasteiger partial charge in [0.2, 0.25) is 0 Å². The van der Waals surface area contributed by atoms with Crippen LogP contribution in [0.5, 0.6) is 0 Å². The molecule has 0 bridgehead atoms. The molecule has 1 aromatic heterocycles. The van der Waals surface area contributed by atoms with Crippen LogP contribution in [-0.4, -0.2) is 29.1 Å². The van der Waals surface area contributed by atoms with Crippen molar-refractivity contribution in [1.29, 1.82) is 0 Å². The molecular formula is C11H15NO2S. The predicted octanol–water partition coefficient (Wildman–Crippen LogP) is 2.21. The molecule has 0 aliphatic heterocycles. The average Bonchev–Trinajstić information content (AvgIpc) is 2.68. The van der Waals surface area contributed by atoms with Crippen molar-refractivity contribution < 1.29 is 9.90 Å². The fourth-order valence-corrected chi connectivity index (χ4v) is 1.98. The van der Waals surface area contributed by atoms with Crippen LogP contribution in [0, 0.1) is 0 Å². The van der Waals surface area contributed by atoms with Gasteiger partial charge >= 0.3 is 5.97 Å². The number of rotatable bonds is 6. The number of aliphatic carboxylic acids is 1. The number of thiophene rings is 1. The van der Waals surface area contributed by atoms with Crippen LogP contribution in [0.1, 0.15) is 11.8 Å². The van der Waals surface area contributed by atoms with Gasteiger partial charge in [-0.05, 0) is 18.0 Å². The van der Waals surface area contributed by atoms with Crippen molar-refractivity contribution in [2.45, 2.75) is 13.5 Å². The highest BCUT2D eigenvalue weighted by atomic mass is 32.1. The molecule has 3 nitrogen and oxygen atoms in total. The molecule has 1 aromatic rings. The predicted molar refractivity (Wildman–Crippen MR) is 62.0 cm³/mol. The first kappa shape index (κ1) is 11.9. The molecule has 0 amide bonds. The van der Waals surface area contributed by atoms with E-state index < -0.39 is 5.97 Å². The van der Waals surface area contributed by atoms with E-state index in [0.29, 0.717) is 6.54 Å². The molecule has 0 atom stereocenters. The summed E-state index contributed by atoms with van der Waals surface area (Å²) < 4.78 is 0. The van der Waals surface area contributed by atoms with Gasteiger partial charge in [0.15, 0.2) is 0 Å². The zero-order chi connectivity index (χ0) is 11.1. The van der Waals surface area contributed by atoms with Gasteiger partial charge in [0.25, 0.3) is 0 Å². The van der Waals surface area contributed by atoms with Crippen molar-refractivity contribution in [1.82, 2.24) is 4.90 Å². The minimum Gasteiger partial charge on any atom is -0.478 e. The third-order valence-electron chi connectivity index (χ3n) is 2.03.